The van der Waals surface area contributed by atoms with Crippen molar-refractivity contribution in [2.45, 2.75) is 30.8 Å². The molecule has 1 spiro atoms. The lowest BCUT2D eigenvalue weighted by atomic mass is 9.78. The Kier molecular flexibility index (Phi) is 3.37. The molecule has 0 aliphatic carbocycles. The molecular weight excluding hydrogens is 332 g/mol. The predicted molar refractivity (Wildman–Crippen MR) is 94.2 cm³/mol. The van der Waals surface area contributed by atoms with Gasteiger partial charge in [-0.1, -0.05) is 18.2 Å². The van der Waals surface area contributed by atoms with Crippen LogP contribution in [-0.4, -0.2) is 59.7 Å². The number of nitrogens with zero attached hydrogens (tertiary/aromatic N) is 2. The van der Waals surface area contributed by atoms with Gasteiger partial charge in [0.25, 0.3) is 0 Å². The van der Waals surface area contributed by atoms with E-state index in [2.05, 4.69) is 15.5 Å². The van der Waals surface area contributed by atoms with Gasteiger partial charge in [-0.3, -0.25) is 19.3 Å². The molecule has 2 N–H and O–H groups in total. The second kappa shape index (κ2) is 5.54. The summed E-state index contributed by atoms with van der Waals surface area (Å²) in [7, 11) is 0. The highest BCUT2D eigenvalue weighted by Gasteiger charge is 2.65. The predicted octanol–water partition coefficient (Wildman–Crippen LogP) is 0.277. The van der Waals surface area contributed by atoms with Gasteiger partial charge in [0.2, 0.25) is 17.7 Å². The molecule has 7 nitrogen and oxygen atoms in total. The minimum Gasteiger partial charge on any atom is -0.353 e. The van der Waals surface area contributed by atoms with Crippen LogP contribution in [0, 0.1) is 5.92 Å². The minimum atomic E-state index is -0.928. The molecule has 0 aromatic heterocycles. The number of para-hydroxylation sites is 1. The van der Waals surface area contributed by atoms with Crippen LogP contribution in [0.2, 0.25) is 0 Å². The summed E-state index contributed by atoms with van der Waals surface area (Å²) >= 11 is 0. The molecule has 136 valence electrons. The van der Waals surface area contributed by atoms with Gasteiger partial charge in [-0.2, -0.15) is 0 Å². The molecule has 4 aliphatic heterocycles. The zero-order chi connectivity index (χ0) is 17.9. The van der Waals surface area contributed by atoms with Crippen LogP contribution in [-0.2, 0) is 19.9 Å². The molecule has 3 fully saturated rings. The summed E-state index contributed by atoms with van der Waals surface area (Å²) < 4.78 is 0. The average Bonchev–Trinajstić information content (AvgIpc) is 3.29. The van der Waals surface area contributed by atoms with Gasteiger partial charge in [0.05, 0.1) is 12.5 Å². The first-order valence-electron chi connectivity index (χ1n) is 9.35. The van der Waals surface area contributed by atoms with E-state index in [-0.39, 0.29) is 30.3 Å². The van der Waals surface area contributed by atoms with E-state index in [1.54, 1.807) is 4.90 Å². The maximum absolute atomic E-state index is 13.4. The Labute approximate surface area is 151 Å². The third-order valence-corrected chi connectivity index (χ3v) is 6.42. The molecule has 0 radical (unpaired) electrons. The van der Waals surface area contributed by atoms with Gasteiger partial charge in [0.1, 0.15) is 5.54 Å². The standard InChI is InChI=1S/C19H22N4O3/c24-16-11-22(9-7-20-16)17(25)14-10-12-4-3-8-23(12)19(14)13-5-1-2-6-15(13)21-18(19)26/h1-2,5-6,12,14H,3-4,7-11H2,(H,20,24)(H,21,26)/t12-,14+,19+/m1/s1. The molecule has 1 aromatic carbocycles. The first-order chi connectivity index (χ1) is 12.6. The van der Waals surface area contributed by atoms with Crippen molar-refractivity contribution in [1.29, 1.82) is 0 Å². The van der Waals surface area contributed by atoms with E-state index in [0.717, 1.165) is 30.6 Å². The van der Waals surface area contributed by atoms with Gasteiger partial charge < -0.3 is 15.5 Å². The fraction of sp³-hybridized carbons (Fsp3) is 0.526. The van der Waals surface area contributed by atoms with Crippen LogP contribution in [0.25, 0.3) is 0 Å². The fourth-order valence-corrected chi connectivity index (χ4v) is 5.41. The number of carbonyl (C=O) groups is 3. The Balaban J connectivity index is 1.60. The van der Waals surface area contributed by atoms with Crippen molar-refractivity contribution < 1.29 is 14.4 Å². The van der Waals surface area contributed by atoms with Crippen LogP contribution < -0.4 is 10.6 Å². The van der Waals surface area contributed by atoms with Crippen LogP contribution in [0.1, 0.15) is 24.8 Å². The fourth-order valence-electron chi connectivity index (χ4n) is 5.41. The SMILES string of the molecule is O=C1CN(C(=O)[C@@H]2C[C@H]3CCCN3[C@]23C(=O)Nc2ccccc23)CCN1. The number of piperazine rings is 1. The van der Waals surface area contributed by atoms with Crippen molar-refractivity contribution in [3.05, 3.63) is 29.8 Å². The summed E-state index contributed by atoms with van der Waals surface area (Å²) in [5, 5.41) is 5.77. The molecule has 7 heteroatoms. The van der Waals surface area contributed by atoms with E-state index >= 15 is 0 Å². The summed E-state index contributed by atoms with van der Waals surface area (Å²) in [6, 6.07) is 7.96. The second-order valence-corrected chi connectivity index (χ2v) is 7.65. The van der Waals surface area contributed by atoms with Crippen molar-refractivity contribution >= 4 is 23.4 Å². The number of nitrogens with one attached hydrogen (secondary N) is 2. The topological polar surface area (TPSA) is 81.8 Å². The van der Waals surface area contributed by atoms with Gasteiger partial charge in [0.15, 0.2) is 0 Å². The Hall–Kier alpha value is -2.41. The maximum Gasteiger partial charge on any atom is 0.250 e. The summed E-state index contributed by atoms with van der Waals surface area (Å²) in [5.74, 6) is -0.736. The third kappa shape index (κ3) is 1.95. The smallest absolute Gasteiger partial charge is 0.250 e. The minimum absolute atomic E-state index is 0.0684. The molecule has 1 aromatic rings. The van der Waals surface area contributed by atoms with Gasteiger partial charge in [-0.05, 0) is 31.9 Å². The lowest BCUT2D eigenvalue weighted by molar-refractivity contribution is -0.147. The van der Waals surface area contributed by atoms with E-state index in [4.69, 9.17) is 0 Å². The lowest BCUT2D eigenvalue weighted by Crippen LogP contribution is -2.57. The van der Waals surface area contributed by atoms with Crippen molar-refractivity contribution in [2.75, 3.05) is 31.5 Å². The summed E-state index contributed by atoms with van der Waals surface area (Å²) in [5.41, 5.74) is 0.788. The van der Waals surface area contributed by atoms with Crippen LogP contribution >= 0.6 is 0 Å². The Morgan fingerprint density at radius 2 is 2.04 bits per heavy atom. The molecule has 4 aliphatic rings. The van der Waals surface area contributed by atoms with Gasteiger partial charge >= 0.3 is 0 Å². The molecule has 0 bridgehead atoms. The molecule has 3 atom stereocenters. The number of rotatable bonds is 1. The van der Waals surface area contributed by atoms with Crippen molar-refractivity contribution in [3.63, 3.8) is 0 Å². The zero-order valence-corrected chi connectivity index (χ0v) is 14.5. The molecule has 5 rings (SSSR count). The molecule has 3 saturated heterocycles. The summed E-state index contributed by atoms with van der Waals surface area (Å²) in [4.78, 5) is 42.3. The van der Waals surface area contributed by atoms with E-state index in [9.17, 15) is 14.4 Å². The number of hydrogen-bond donors (Lipinski definition) is 2. The maximum atomic E-state index is 13.4. The normalized spacial score (nSPS) is 33.2. The van der Waals surface area contributed by atoms with Gasteiger partial charge in [0, 0.05) is 30.4 Å². The first-order valence-corrected chi connectivity index (χ1v) is 9.35. The number of hydrogen-bond acceptors (Lipinski definition) is 4. The van der Waals surface area contributed by atoms with Crippen LogP contribution in [0.3, 0.4) is 0 Å². The molecular formula is C19H22N4O3. The zero-order valence-electron chi connectivity index (χ0n) is 14.5. The van der Waals surface area contributed by atoms with E-state index < -0.39 is 11.5 Å². The summed E-state index contributed by atoms with van der Waals surface area (Å²) in [6.45, 7) is 1.89. The van der Waals surface area contributed by atoms with Crippen LogP contribution in [0.4, 0.5) is 5.69 Å². The monoisotopic (exact) mass is 354 g/mol. The third-order valence-electron chi connectivity index (χ3n) is 6.42. The summed E-state index contributed by atoms with van der Waals surface area (Å²) in [6.07, 6.45) is 2.75. The van der Waals surface area contributed by atoms with Crippen molar-refractivity contribution in [1.82, 2.24) is 15.1 Å². The molecule has 0 saturated carbocycles. The highest BCUT2D eigenvalue weighted by atomic mass is 16.2. The largest absolute Gasteiger partial charge is 0.353 e. The molecule has 26 heavy (non-hydrogen) atoms. The van der Waals surface area contributed by atoms with E-state index in [0.29, 0.717) is 19.5 Å². The molecule has 3 amide bonds. The lowest BCUT2D eigenvalue weighted by Gasteiger charge is -2.38. The number of amides is 3. The molecule has 0 unspecified atom stereocenters. The van der Waals surface area contributed by atoms with Crippen LogP contribution in [0.5, 0.6) is 0 Å². The highest BCUT2D eigenvalue weighted by Crippen LogP contribution is 2.55. The molecule has 4 heterocycles. The highest BCUT2D eigenvalue weighted by molar-refractivity contribution is 6.09. The Bertz CT molecular complexity index is 810. The second-order valence-electron chi connectivity index (χ2n) is 7.65. The van der Waals surface area contributed by atoms with E-state index in [1.165, 1.54) is 0 Å². The quantitative estimate of drug-likeness (QED) is 0.759. The number of fused-ring (bicyclic) bond motifs is 4. The van der Waals surface area contributed by atoms with Crippen molar-refractivity contribution in [3.8, 4) is 0 Å². The Morgan fingerprint density at radius 3 is 2.88 bits per heavy atom. The van der Waals surface area contributed by atoms with Gasteiger partial charge in [-0.25, -0.2) is 0 Å². The van der Waals surface area contributed by atoms with E-state index in [1.807, 2.05) is 24.3 Å². The van der Waals surface area contributed by atoms with Gasteiger partial charge in [-0.15, -0.1) is 0 Å². The first kappa shape index (κ1) is 15.8. The number of benzene rings is 1. The number of carbonyl (C=O) groups excluding carboxylic acids is 3. The Morgan fingerprint density at radius 1 is 1.19 bits per heavy atom. The van der Waals surface area contributed by atoms with Crippen molar-refractivity contribution in [2.24, 2.45) is 5.92 Å². The van der Waals surface area contributed by atoms with Crippen LogP contribution in [0.15, 0.2) is 24.3 Å². The number of anilines is 1. The average molecular weight is 354 g/mol.